The van der Waals surface area contributed by atoms with Gasteiger partial charge in [-0.1, -0.05) is 49.4 Å². The molecule has 2 aliphatic rings. The molecule has 5 nitrogen and oxygen atoms in total. The van der Waals surface area contributed by atoms with Crippen LogP contribution < -0.4 is 10.1 Å². The predicted molar refractivity (Wildman–Crippen MR) is 118 cm³/mol. The van der Waals surface area contributed by atoms with Crippen molar-refractivity contribution in [3.05, 3.63) is 47.1 Å². The van der Waals surface area contributed by atoms with Crippen molar-refractivity contribution in [2.24, 2.45) is 5.92 Å². The molecule has 2 fully saturated rings. The van der Waals surface area contributed by atoms with Gasteiger partial charge in [-0.15, -0.1) is 0 Å². The third-order valence-corrected chi connectivity index (χ3v) is 6.50. The van der Waals surface area contributed by atoms with Crippen LogP contribution in [0.1, 0.15) is 61.7 Å². The SMILES string of the molecule is O=C(NC1CCCCC1O)c1cnc(OCC2CCCC2)c(-c2ccc(Cl)cc2)c1. The lowest BCUT2D eigenvalue weighted by atomic mass is 9.92. The molecule has 2 saturated carbocycles. The summed E-state index contributed by atoms with van der Waals surface area (Å²) in [6.45, 7) is 0.646. The lowest BCUT2D eigenvalue weighted by Crippen LogP contribution is -2.45. The zero-order valence-electron chi connectivity index (χ0n) is 17.1. The number of hydrogen-bond acceptors (Lipinski definition) is 4. The Bertz CT molecular complexity index is 865. The lowest BCUT2D eigenvalue weighted by Gasteiger charge is -2.28. The van der Waals surface area contributed by atoms with Crippen molar-refractivity contribution in [2.75, 3.05) is 6.61 Å². The molecule has 0 radical (unpaired) electrons. The Morgan fingerprint density at radius 2 is 1.80 bits per heavy atom. The molecule has 1 aromatic heterocycles. The fraction of sp³-hybridized carbons (Fsp3) is 0.500. The van der Waals surface area contributed by atoms with Gasteiger partial charge in [0.1, 0.15) is 0 Å². The summed E-state index contributed by atoms with van der Waals surface area (Å²) in [7, 11) is 0. The van der Waals surface area contributed by atoms with Crippen molar-refractivity contribution < 1.29 is 14.6 Å². The fourth-order valence-electron chi connectivity index (χ4n) is 4.43. The van der Waals surface area contributed by atoms with Gasteiger partial charge in [-0.2, -0.15) is 0 Å². The van der Waals surface area contributed by atoms with Crippen LogP contribution in [0.5, 0.6) is 5.88 Å². The number of carbonyl (C=O) groups excluding carboxylic acids is 1. The number of rotatable bonds is 6. The monoisotopic (exact) mass is 428 g/mol. The van der Waals surface area contributed by atoms with E-state index in [0.717, 1.165) is 36.8 Å². The van der Waals surface area contributed by atoms with Crippen molar-refractivity contribution in [1.29, 1.82) is 0 Å². The molecule has 160 valence electrons. The zero-order valence-corrected chi connectivity index (χ0v) is 17.9. The first-order valence-electron chi connectivity index (χ1n) is 11.0. The Kier molecular flexibility index (Phi) is 6.90. The fourth-order valence-corrected chi connectivity index (χ4v) is 4.56. The minimum absolute atomic E-state index is 0.205. The van der Waals surface area contributed by atoms with Gasteiger partial charge in [0.15, 0.2) is 0 Å². The van der Waals surface area contributed by atoms with Gasteiger partial charge < -0.3 is 15.2 Å². The number of halogens is 1. The van der Waals surface area contributed by atoms with Crippen LogP contribution in [0.25, 0.3) is 11.1 Å². The van der Waals surface area contributed by atoms with Crippen molar-refractivity contribution in [3.8, 4) is 17.0 Å². The second-order valence-electron chi connectivity index (χ2n) is 8.48. The van der Waals surface area contributed by atoms with E-state index in [1.165, 1.54) is 25.7 Å². The molecular formula is C24H29ClN2O3. The maximum atomic E-state index is 12.9. The Morgan fingerprint density at radius 3 is 2.53 bits per heavy atom. The highest BCUT2D eigenvalue weighted by atomic mass is 35.5. The molecule has 0 saturated heterocycles. The summed E-state index contributed by atoms with van der Waals surface area (Å²) in [5.41, 5.74) is 2.15. The van der Waals surface area contributed by atoms with Crippen LogP contribution in [0.3, 0.4) is 0 Å². The van der Waals surface area contributed by atoms with E-state index in [2.05, 4.69) is 10.3 Å². The van der Waals surface area contributed by atoms with E-state index >= 15 is 0 Å². The highest BCUT2D eigenvalue weighted by Crippen LogP contribution is 2.32. The van der Waals surface area contributed by atoms with Crippen LogP contribution in [-0.2, 0) is 0 Å². The van der Waals surface area contributed by atoms with Gasteiger partial charge in [0.25, 0.3) is 5.91 Å². The largest absolute Gasteiger partial charge is 0.477 e. The quantitative estimate of drug-likeness (QED) is 0.678. The van der Waals surface area contributed by atoms with Crippen LogP contribution in [-0.4, -0.2) is 34.8 Å². The van der Waals surface area contributed by atoms with Crippen LogP contribution in [0.15, 0.2) is 36.5 Å². The number of ether oxygens (including phenoxy) is 1. The highest BCUT2D eigenvalue weighted by molar-refractivity contribution is 6.30. The van der Waals surface area contributed by atoms with Crippen molar-refractivity contribution >= 4 is 17.5 Å². The molecule has 0 aliphatic heterocycles. The van der Waals surface area contributed by atoms with Crippen molar-refractivity contribution in [1.82, 2.24) is 10.3 Å². The predicted octanol–water partition coefficient (Wildman–Crippen LogP) is 5.00. The molecule has 2 aliphatic carbocycles. The van der Waals surface area contributed by atoms with Gasteiger partial charge in [-0.25, -0.2) is 4.98 Å². The molecule has 1 amide bonds. The first-order chi connectivity index (χ1) is 14.6. The lowest BCUT2D eigenvalue weighted by molar-refractivity contribution is 0.0717. The Hall–Kier alpha value is -2.11. The summed E-state index contributed by atoms with van der Waals surface area (Å²) < 4.78 is 6.09. The van der Waals surface area contributed by atoms with E-state index < -0.39 is 6.10 Å². The topological polar surface area (TPSA) is 71.5 Å². The smallest absolute Gasteiger partial charge is 0.253 e. The molecule has 2 atom stereocenters. The van der Waals surface area contributed by atoms with Gasteiger partial charge in [-0.3, -0.25) is 4.79 Å². The van der Waals surface area contributed by atoms with Crippen molar-refractivity contribution in [3.63, 3.8) is 0 Å². The van der Waals surface area contributed by atoms with E-state index in [4.69, 9.17) is 16.3 Å². The Labute approximate surface area is 182 Å². The maximum absolute atomic E-state index is 12.9. The molecule has 0 spiro atoms. The number of hydrogen-bond donors (Lipinski definition) is 2. The second kappa shape index (κ2) is 9.80. The summed E-state index contributed by atoms with van der Waals surface area (Å²) in [4.78, 5) is 17.3. The Morgan fingerprint density at radius 1 is 1.10 bits per heavy atom. The molecule has 6 heteroatoms. The summed E-state index contributed by atoms with van der Waals surface area (Å²) in [6.07, 6.45) is 9.54. The normalized spacial score (nSPS) is 22.1. The van der Waals surface area contributed by atoms with Crippen LogP contribution >= 0.6 is 11.6 Å². The molecule has 2 N–H and O–H groups in total. The zero-order chi connectivity index (χ0) is 20.9. The third-order valence-electron chi connectivity index (χ3n) is 6.25. The number of carbonyl (C=O) groups is 1. The maximum Gasteiger partial charge on any atom is 0.253 e. The van der Waals surface area contributed by atoms with Gasteiger partial charge in [0, 0.05) is 16.8 Å². The number of pyridine rings is 1. The second-order valence-corrected chi connectivity index (χ2v) is 8.91. The minimum atomic E-state index is -0.486. The van der Waals surface area contributed by atoms with E-state index in [0.29, 0.717) is 29.0 Å². The average Bonchev–Trinajstić information content (AvgIpc) is 3.28. The summed E-state index contributed by atoms with van der Waals surface area (Å²) in [5, 5.41) is 13.8. The van der Waals surface area contributed by atoms with E-state index in [1.54, 1.807) is 6.20 Å². The van der Waals surface area contributed by atoms with Crippen molar-refractivity contribution in [2.45, 2.75) is 63.5 Å². The number of aliphatic hydroxyl groups is 1. The molecule has 1 heterocycles. The van der Waals surface area contributed by atoms with Crippen LogP contribution in [0.2, 0.25) is 5.02 Å². The molecule has 0 bridgehead atoms. The van der Waals surface area contributed by atoms with Crippen LogP contribution in [0.4, 0.5) is 0 Å². The van der Waals surface area contributed by atoms with Crippen LogP contribution in [0, 0.1) is 5.92 Å². The number of aliphatic hydroxyl groups excluding tert-OH is 1. The first-order valence-corrected chi connectivity index (χ1v) is 11.4. The van der Waals surface area contributed by atoms with Gasteiger partial charge in [0.05, 0.1) is 24.3 Å². The molecule has 4 rings (SSSR count). The van der Waals surface area contributed by atoms with Gasteiger partial charge >= 0.3 is 0 Å². The number of benzene rings is 1. The number of nitrogens with zero attached hydrogens (tertiary/aromatic N) is 1. The minimum Gasteiger partial charge on any atom is -0.477 e. The highest BCUT2D eigenvalue weighted by Gasteiger charge is 2.25. The summed E-state index contributed by atoms with van der Waals surface area (Å²) in [5.74, 6) is 0.894. The van der Waals surface area contributed by atoms with Gasteiger partial charge in [0.2, 0.25) is 5.88 Å². The number of amides is 1. The molecule has 30 heavy (non-hydrogen) atoms. The molecule has 2 unspecified atom stereocenters. The molecular weight excluding hydrogens is 400 g/mol. The number of aromatic nitrogens is 1. The molecule has 2 aromatic rings. The van der Waals surface area contributed by atoms with E-state index in [9.17, 15) is 9.90 Å². The standard InChI is InChI=1S/C24H29ClN2O3/c25-19-11-9-17(10-12-19)20-13-18(23(29)27-21-7-3-4-8-22(21)28)14-26-24(20)30-15-16-5-1-2-6-16/h9-14,16,21-22,28H,1-8,15H2,(H,27,29). The van der Waals surface area contributed by atoms with Gasteiger partial charge in [-0.05, 0) is 55.4 Å². The Balaban J connectivity index is 1.56. The third kappa shape index (κ3) is 5.13. The van der Waals surface area contributed by atoms with E-state index in [-0.39, 0.29) is 11.9 Å². The first kappa shape index (κ1) is 21.1. The summed E-state index contributed by atoms with van der Waals surface area (Å²) >= 11 is 6.06. The molecule has 1 aromatic carbocycles. The average molecular weight is 429 g/mol. The van der Waals surface area contributed by atoms with E-state index in [1.807, 2.05) is 30.3 Å². The number of nitrogens with one attached hydrogen (secondary N) is 1. The summed E-state index contributed by atoms with van der Waals surface area (Å²) in [6, 6.07) is 9.09.